The SMILES string of the molecule is CC(C)c1ccc(C(Cc2ccccc2Br)NN)cc1. The number of hydrogen-bond acceptors (Lipinski definition) is 2. The molecule has 0 aromatic heterocycles. The molecule has 0 aliphatic rings. The summed E-state index contributed by atoms with van der Waals surface area (Å²) in [6, 6.07) is 17.1. The lowest BCUT2D eigenvalue weighted by atomic mass is 9.96. The summed E-state index contributed by atoms with van der Waals surface area (Å²) in [5, 5.41) is 0. The largest absolute Gasteiger partial charge is 0.271 e. The molecule has 0 heterocycles. The Morgan fingerprint density at radius 3 is 2.15 bits per heavy atom. The number of benzene rings is 2. The lowest BCUT2D eigenvalue weighted by molar-refractivity contribution is 0.551. The van der Waals surface area contributed by atoms with E-state index >= 15 is 0 Å². The monoisotopic (exact) mass is 332 g/mol. The van der Waals surface area contributed by atoms with Crippen LogP contribution >= 0.6 is 15.9 Å². The van der Waals surface area contributed by atoms with Crippen molar-refractivity contribution in [2.45, 2.75) is 32.2 Å². The van der Waals surface area contributed by atoms with Gasteiger partial charge in [0.2, 0.25) is 0 Å². The summed E-state index contributed by atoms with van der Waals surface area (Å²) in [4.78, 5) is 0. The fourth-order valence-electron chi connectivity index (χ4n) is 2.27. The van der Waals surface area contributed by atoms with Crippen LogP contribution in [0.15, 0.2) is 53.0 Å². The summed E-state index contributed by atoms with van der Waals surface area (Å²) in [6.07, 6.45) is 0.860. The van der Waals surface area contributed by atoms with Crippen molar-refractivity contribution in [3.63, 3.8) is 0 Å². The van der Waals surface area contributed by atoms with Crippen molar-refractivity contribution in [3.05, 3.63) is 69.7 Å². The first-order valence-electron chi connectivity index (χ1n) is 6.91. The fraction of sp³-hybridized carbons (Fsp3) is 0.294. The molecule has 3 heteroatoms. The van der Waals surface area contributed by atoms with Crippen molar-refractivity contribution in [1.82, 2.24) is 5.43 Å². The van der Waals surface area contributed by atoms with Gasteiger partial charge in [0.1, 0.15) is 0 Å². The first kappa shape index (κ1) is 15.2. The molecule has 0 amide bonds. The van der Waals surface area contributed by atoms with E-state index in [0.717, 1.165) is 10.9 Å². The Kier molecular flexibility index (Phi) is 5.35. The molecular weight excluding hydrogens is 312 g/mol. The van der Waals surface area contributed by atoms with Gasteiger partial charge < -0.3 is 0 Å². The van der Waals surface area contributed by atoms with Crippen LogP contribution in [0.3, 0.4) is 0 Å². The van der Waals surface area contributed by atoms with Gasteiger partial charge in [0.05, 0.1) is 6.04 Å². The highest BCUT2D eigenvalue weighted by Gasteiger charge is 2.12. The average Bonchev–Trinajstić information content (AvgIpc) is 2.46. The number of nitrogens with two attached hydrogens (primary N) is 1. The summed E-state index contributed by atoms with van der Waals surface area (Å²) in [5.74, 6) is 6.29. The Labute approximate surface area is 129 Å². The minimum absolute atomic E-state index is 0.120. The highest BCUT2D eigenvalue weighted by Crippen LogP contribution is 2.24. The maximum absolute atomic E-state index is 5.74. The van der Waals surface area contributed by atoms with Crippen LogP contribution in [0.2, 0.25) is 0 Å². The lowest BCUT2D eigenvalue weighted by Gasteiger charge is -2.18. The third kappa shape index (κ3) is 3.69. The number of rotatable bonds is 5. The number of halogens is 1. The molecule has 0 saturated heterocycles. The summed E-state index contributed by atoms with van der Waals surface area (Å²) >= 11 is 3.59. The molecule has 2 aromatic rings. The van der Waals surface area contributed by atoms with Crippen LogP contribution in [0.4, 0.5) is 0 Å². The van der Waals surface area contributed by atoms with Gasteiger partial charge in [0.15, 0.2) is 0 Å². The van der Waals surface area contributed by atoms with Crippen LogP contribution in [-0.2, 0) is 6.42 Å². The lowest BCUT2D eigenvalue weighted by Crippen LogP contribution is -2.29. The topological polar surface area (TPSA) is 38.0 Å². The number of hydrazine groups is 1. The maximum Gasteiger partial charge on any atom is 0.0500 e. The van der Waals surface area contributed by atoms with Gasteiger partial charge in [0, 0.05) is 4.47 Å². The van der Waals surface area contributed by atoms with E-state index < -0.39 is 0 Å². The van der Waals surface area contributed by atoms with Crippen LogP contribution in [-0.4, -0.2) is 0 Å². The average molecular weight is 333 g/mol. The Morgan fingerprint density at radius 2 is 1.60 bits per heavy atom. The zero-order valence-corrected chi connectivity index (χ0v) is 13.5. The van der Waals surface area contributed by atoms with E-state index in [2.05, 4.69) is 77.7 Å². The first-order valence-corrected chi connectivity index (χ1v) is 7.70. The van der Waals surface area contributed by atoms with E-state index in [1.807, 2.05) is 6.07 Å². The quantitative estimate of drug-likeness (QED) is 0.632. The fourth-order valence-corrected chi connectivity index (χ4v) is 2.72. The van der Waals surface area contributed by atoms with Gasteiger partial charge in [-0.25, -0.2) is 0 Å². The third-order valence-corrected chi connectivity index (χ3v) is 4.36. The summed E-state index contributed by atoms with van der Waals surface area (Å²) in [6.45, 7) is 4.41. The van der Waals surface area contributed by atoms with E-state index in [9.17, 15) is 0 Å². The molecule has 0 spiro atoms. The molecule has 2 aromatic carbocycles. The van der Waals surface area contributed by atoms with Crippen LogP contribution in [0.25, 0.3) is 0 Å². The summed E-state index contributed by atoms with van der Waals surface area (Å²) in [5.41, 5.74) is 6.74. The smallest absolute Gasteiger partial charge is 0.0500 e. The van der Waals surface area contributed by atoms with Crippen molar-refractivity contribution >= 4 is 15.9 Å². The second-order valence-corrected chi connectivity index (χ2v) is 6.19. The van der Waals surface area contributed by atoms with E-state index in [-0.39, 0.29) is 6.04 Å². The van der Waals surface area contributed by atoms with E-state index in [1.165, 1.54) is 16.7 Å². The molecule has 106 valence electrons. The maximum atomic E-state index is 5.74. The van der Waals surface area contributed by atoms with Crippen LogP contribution < -0.4 is 11.3 Å². The second-order valence-electron chi connectivity index (χ2n) is 5.34. The van der Waals surface area contributed by atoms with E-state index in [4.69, 9.17) is 5.84 Å². The van der Waals surface area contributed by atoms with Crippen molar-refractivity contribution in [2.24, 2.45) is 5.84 Å². The summed E-state index contributed by atoms with van der Waals surface area (Å²) in [7, 11) is 0. The highest BCUT2D eigenvalue weighted by molar-refractivity contribution is 9.10. The van der Waals surface area contributed by atoms with Crippen molar-refractivity contribution in [3.8, 4) is 0 Å². The Balaban J connectivity index is 2.18. The molecule has 0 saturated carbocycles. The van der Waals surface area contributed by atoms with Gasteiger partial charge in [-0.2, -0.15) is 0 Å². The zero-order valence-electron chi connectivity index (χ0n) is 11.9. The molecule has 2 nitrogen and oxygen atoms in total. The van der Waals surface area contributed by atoms with E-state index in [0.29, 0.717) is 5.92 Å². The molecule has 3 N–H and O–H groups in total. The van der Waals surface area contributed by atoms with Gasteiger partial charge >= 0.3 is 0 Å². The van der Waals surface area contributed by atoms with Gasteiger partial charge in [-0.05, 0) is 35.1 Å². The summed E-state index contributed by atoms with van der Waals surface area (Å²) < 4.78 is 1.12. The molecule has 2 rings (SSSR count). The molecule has 20 heavy (non-hydrogen) atoms. The molecule has 0 aliphatic heterocycles. The van der Waals surface area contributed by atoms with Gasteiger partial charge in [-0.1, -0.05) is 72.2 Å². The van der Waals surface area contributed by atoms with Gasteiger partial charge in [-0.15, -0.1) is 0 Å². The molecular formula is C17H21BrN2. The minimum Gasteiger partial charge on any atom is -0.271 e. The predicted octanol–water partition coefficient (Wildman–Crippen LogP) is 4.32. The number of hydrogen-bond donors (Lipinski definition) is 2. The van der Waals surface area contributed by atoms with Crippen LogP contribution in [0.5, 0.6) is 0 Å². The second kappa shape index (κ2) is 7.02. The first-order chi connectivity index (χ1) is 9.61. The molecule has 0 bridgehead atoms. The molecule has 1 atom stereocenters. The molecule has 0 fully saturated rings. The third-order valence-electron chi connectivity index (χ3n) is 3.59. The van der Waals surface area contributed by atoms with Crippen molar-refractivity contribution < 1.29 is 0 Å². The number of nitrogens with one attached hydrogen (secondary N) is 1. The van der Waals surface area contributed by atoms with Crippen LogP contribution in [0, 0.1) is 0 Å². The van der Waals surface area contributed by atoms with Crippen molar-refractivity contribution in [1.29, 1.82) is 0 Å². The van der Waals surface area contributed by atoms with Gasteiger partial charge in [-0.3, -0.25) is 11.3 Å². The highest BCUT2D eigenvalue weighted by atomic mass is 79.9. The Morgan fingerprint density at radius 1 is 1.00 bits per heavy atom. The van der Waals surface area contributed by atoms with Crippen LogP contribution in [0.1, 0.15) is 42.5 Å². The van der Waals surface area contributed by atoms with Gasteiger partial charge in [0.25, 0.3) is 0 Å². The predicted molar refractivity (Wildman–Crippen MR) is 88.4 cm³/mol. The van der Waals surface area contributed by atoms with E-state index in [1.54, 1.807) is 0 Å². The minimum atomic E-state index is 0.120. The molecule has 0 radical (unpaired) electrons. The zero-order chi connectivity index (χ0) is 14.5. The van der Waals surface area contributed by atoms with Crippen molar-refractivity contribution in [2.75, 3.05) is 0 Å². The standard InChI is InChI=1S/C17H21BrN2/c1-12(2)13-7-9-14(10-8-13)17(20-19)11-15-5-3-4-6-16(15)18/h3-10,12,17,20H,11,19H2,1-2H3. The molecule has 1 unspecified atom stereocenters. The molecule has 0 aliphatic carbocycles. The Bertz CT molecular complexity index is 549. The Hall–Kier alpha value is -1.16. The normalized spacial score (nSPS) is 12.7.